The number of hydrogen-bond acceptors (Lipinski definition) is 3. The second kappa shape index (κ2) is 9.63. The lowest BCUT2D eigenvalue weighted by Crippen LogP contribution is -2.41. The Morgan fingerprint density at radius 2 is 2.00 bits per heavy atom. The predicted molar refractivity (Wildman–Crippen MR) is 115 cm³/mol. The van der Waals surface area contributed by atoms with Crippen LogP contribution in [0.4, 0.5) is 0 Å². The quantitative estimate of drug-likeness (QED) is 0.648. The molecule has 2 aliphatic carbocycles. The highest BCUT2D eigenvalue weighted by Crippen LogP contribution is 2.41. The SMILES string of the molecule is CCOCCC1(CNC(=O)[C@@H]2CCn3c(cnc3C3CCCCC3)C2)CCCC1. The van der Waals surface area contributed by atoms with Gasteiger partial charge in [0, 0.05) is 56.5 Å². The maximum atomic E-state index is 13.0. The molecule has 0 aromatic carbocycles. The summed E-state index contributed by atoms with van der Waals surface area (Å²) in [7, 11) is 0. The van der Waals surface area contributed by atoms with Gasteiger partial charge in [-0.3, -0.25) is 4.79 Å². The lowest BCUT2D eigenvalue weighted by molar-refractivity contribution is -0.126. The molecule has 0 spiro atoms. The average Bonchev–Trinajstić information content (AvgIpc) is 3.40. The molecule has 1 amide bonds. The van der Waals surface area contributed by atoms with Crippen molar-refractivity contribution in [2.24, 2.45) is 11.3 Å². The van der Waals surface area contributed by atoms with E-state index in [0.717, 1.165) is 45.6 Å². The van der Waals surface area contributed by atoms with E-state index in [2.05, 4.69) is 16.8 Å². The summed E-state index contributed by atoms with van der Waals surface area (Å²) in [5.41, 5.74) is 1.53. The number of rotatable bonds is 8. The molecular weight excluding hydrogens is 362 g/mol. The van der Waals surface area contributed by atoms with Gasteiger partial charge in [-0.1, -0.05) is 32.1 Å². The molecule has 162 valence electrons. The second-order valence-electron chi connectivity index (χ2n) is 9.66. The summed E-state index contributed by atoms with van der Waals surface area (Å²) in [5.74, 6) is 2.28. The van der Waals surface area contributed by atoms with Crippen LogP contribution in [0, 0.1) is 11.3 Å². The highest BCUT2D eigenvalue weighted by molar-refractivity contribution is 5.79. The zero-order valence-electron chi connectivity index (χ0n) is 18.3. The smallest absolute Gasteiger partial charge is 0.223 e. The molecule has 1 N–H and O–H groups in total. The lowest BCUT2D eigenvalue weighted by atomic mass is 9.82. The number of amides is 1. The third-order valence-corrected chi connectivity index (χ3v) is 7.75. The largest absolute Gasteiger partial charge is 0.382 e. The third-order valence-electron chi connectivity index (χ3n) is 7.75. The van der Waals surface area contributed by atoms with Crippen LogP contribution in [0.1, 0.15) is 95.0 Å². The van der Waals surface area contributed by atoms with E-state index in [1.54, 1.807) is 0 Å². The fourth-order valence-corrected chi connectivity index (χ4v) is 5.89. The van der Waals surface area contributed by atoms with Crippen molar-refractivity contribution in [1.82, 2.24) is 14.9 Å². The molecule has 0 radical (unpaired) electrons. The van der Waals surface area contributed by atoms with Crippen molar-refractivity contribution in [3.05, 3.63) is 17.7 Å². The van der Waals surface area contributed by atoms with Gasteiger partial charge in [-0.15, -0.1) is 0 Å². The summed E-state index contributed by atoms with van der Waals surface area (Å²) in [6.07, 6.45) is 16.5. The fraction of sp³-hybridized carbons (Fsp3) is 0.833. The van der Waals surface area contributed by atoms with Crippen LogP contribution in [-0.4, -0.2) is 35.2 Å². The molecule has 29 heavy (non-hydrogen) atoms. The van der Waals surface area contributed by atoms with E-state index in [1.807, 2.05) is 6.20 Å². The Morgan fingerprint density at radius 1 is 1.21 bits per heavy atom. The Morgan fingerprint density at radius 3 is 2.76 bits per heavy atom. The molecule has 0 bridgehead atoms. The topological polar surface area (TPSA) is 56.1 Å². The van der Waals surface area contributed by atoms with Gasteiger partial charge in [0.05, 0.1) is 0 Å². The van der Waals surface area contributed by atoms with Crippen LogP contribution < -0.4 is 5.32 Å². The molecule has 1 atom stereocenters. The molecule has 2 saturated carbocycles. The van der Waals surface area contributed by atoms with Crippen LogP contribution in [0.2, 0.25) is 0 Å². The van der Waals surface area contributed by atoms with Crippen LogP contribution in [-0.2, 0) is 22.5 Å². The van der Waals surface area contributed by atoms with Crippen molar-refractivity contribution < 1.29 is 9.53 Å². The zero-order valence-corrected chi connectivity index (χ0v) is 18.3. The van der Waals surface area contributed by atoms with Gasteiger partial charge in [-0.25, -0.2) is 4.98 Å². The number of imidazole rings is 1. The Kier molecular flexibility index (Phi) is 6.94. The third kappa shape index (κ3) is 4.87. The first-order chi connectivity index (χ1) is 14.2. The summed E-state index contributed by atoms with van der Waals surface area (Å²) < 4.78 is 8.04. The van der Waals surface area contributed by atoms with Gasteiger partial charge in [0.15, 0.2) is 0 Å². The van der Waals surface area contributed by atoms with E-state index < -0.39 is 0 Å². The lowest BCUT2D eigenvalue weighted by Gasteiger charge is -2.31. The zero-order chi connectivity index (χ0) is 20.1. The van der Waals surface area contributed by atoms with Gasteiger partial charge in [0.25, 0.3) is 0 Å². The summed E-state index contributed by atoms with van der Waals surface area (Å²) >= 11 is 0. The van der Waals surface area contributed by atoms with Gasteiger partial charge in [0.1, 0.15) is 5.82 Å². The van der Waals surface area contributed by atoms with Crippen molar-refractivity contribution >= 4 is 5.91 Å². The van der Waals surface area contributed by atoms with E-state index in [4.69, 9.17) is 9.72 Å². The van der Waals surface area contributed by atoms with Crippen LogP contribution in [0.15, 0.2) is 6.20 Å². The number of nitrogens with zero attached hydrogens (tertiary/aromatic N) is 2. The Balaban J connectivity index is 1.32. The standard InChI is InChI=1S/C24H39N3O2/c1-2-29-15-13-24(11-6-7-12-24)18-26-23(28)20-10-14-27-21(16-20)17-25-22(27)19-8-4-3-5-9-19/h17,19-20H,2-16,18H2,1H3,(H,26,28)/t20-/m1/s1. The molecular formula is C24H39N3O2. The second-order valence-corrected chi connectivity index (χ2v) is 9.66. The molecule has 1 aromatic heterocycles. The van der Waals surface area contributed by atoms with E-state index in [0.29, 0.717) is 5.92 Å². The summed E-state index contributed by atoms with van der Waals surface area (Å²) in [4.78, 5) is 17.8. The minimum atomic E-state index is 0.101. The van der Waals surface area contributed by atoms with Crippen molar-refractivity contribution in [3.63, 3.8) is 0 Å². The number of fused-ring (bicyclic) bond motifs is 1. The van der Waals surface area contributed by atoms with Gasteiger partial charge in [0.2, 0.25) is 5.91 Å². The van der Waals surface area contributed by atoms with E-state index in [9.17, 15) is 4.79 Å². The molecule has 5 nitrogen and oxygen atoms in total. The highest BCUT2D eigenvalue weighted by Gasteiger charge is 2.35. The monoisotopic (exact) mass is 401 g/mol. The molecule has 1 aliphatic heterocycles. The number of aromatic nitrogens is 2. The van der Waals surface area contributed by atoms with Gasteiger partial charge < -0.3 is 14.6 Å². The van der Waals surface area contributed by atoms with Crippen molar-refractivity contribution in [2.45, 2.75) is 96.4 Å². The van der Waals surface area contributed by atoms with E-state index in [1.165, 1.54) is 69.3 Å². The first-order valence-electron chi connectivity index (χ1n) is 12.1. The highest BCUT2D eigenvalue weighted by atomic mass is 16.5. The fourth-order valence-electron chi connectivity index (χ4n) is 5.89. The summed E-state index contributed by atoms with van der Waals surface area (Å²) in [6.45, 7) is 5.42. The summed E-state index contributed by atoms with van der Waals surface area (Å²) in [5, 5.41) is 3.34. The number of hydrogen-bond donors (Lipinski definition) is 1. The minimum Gasteiger partial charge on any atom is -0.382 e. The van der Waals surface area contributed by atoms with Crippen molar-refractivity contribution in [2.75, 3.05) is 19.8 Å². The minimum absolute atomic E-state index is 0.101. The van der Waals surface area contributed by atoms with Crippen LogP contribution >= 0.6 is 0 Å². The number of carbonyl (C=O) groups excluding carboxylic acids is 1. The van der Waals surface area contributed by atoms with E-state index in [-0.39, 0.29) is 17.2 Å². The molecule has 2 heterocycles. The number of carbonyl (C=O) groups is 1. The maximum absolute atomic E-state index is 13.0. The van der Waals surface area contributed by atoms with Gasteiger partial charge in [-0.05, 0) is 50.9 Å². The Labute approximate surface area is 176 Å². The molecule has 0 saturated heterocycles. The molecule has 2 fully saturated rings. The molecule has 1 aromatic rings. The number of nitrogens with one attached hydrogen (secondary N) is 1. The first kappa shape index (κ1) is 20.9. The predicted octanol–water partition coefficient (Wildman–Crippen LogP) is 4.60. The molecule has 4 rings (SSSR count). The molecule has 5 heteroatoms. The van der Waals surface area contributed by atoms with Crippen LogP contribution in [0.5, 0.6) is 0 Å². The van der Waals surface area contributed by atoms with Crippen LogP contribution in [0.3, 0.4) is 0 Å². The number of ether oxygens (including phenoxy) is 1. The summed E-state index contributed by atoms with van der Waals surface area (Å²) in [6, 6.07) is 0. The Bertz CT molecular complexity index is 672. The van der Waals surface area contributed by atoms with Gasteiger partial charge in [-0.2, -0.15) is 0 Å². The first-order valence-corrected chi connectivity index (χ1v) is 12.1. The maximum Gasteiger partial charge on any atom is 0.223 e. The van der Waals surface area contributed by atoms with Crippen LogP contribution in [0.25, 0.3) is 0 Å². The Hall–Kier alpha value is -1.36. The van der Waals surface area contributed by atoms with Gasteiger partial charge >= 0.3 is 0 Å². The molecule has 3 aliphatic rings. The van der Waals surface area contributed by atoms with Crippen molar-refractivity contribution in [3.8, 4) is 0 Å². The van der Waals surface area contributed by atoms with E-state index >= 15 is 0 Å². The van der Waals surface area contributed by atoms with Crippen molar-refractivity contribution in [1.29, 1.82) is 0 Å². The molecule has 0 unspecified atom stereocenters. The normalized spacial score (nSPS) is 24.4. The average molecular weight is 402 g/mol.